The van der Waals surface area contributed by atoms with Crippen LogP contribution in [-0.2, 0) is 10.2 Å². The maximum atomic E-state index is 10.5. The Balaban J connectivity index is 2.13. The highest BCUT2D eigenvalue weighted by molar-refractivity contribution is 5.29. The summed E-state index contributed by atoms with van der Waals surface area (Å²) in [6, 6.07) is 8.40. The van der Waals surface area contributed by atoms with E-state index in [2.05, 4.69) is 52.0 Å². The minimum Gasteiger partial charge on any atom is -0.388 e. The van der Waals surface area contributed by atoms with Gasteiger partial charge in [-0.25, -0.2) is 0 Å². The molecule has 0 spiro atoms. The maximum absolute atomic E-state index is 10.5. The molecule has 0 aliphatic carbocycles. The summed E-state index contributed by atoms with van der Waals surface area (Å²) < 4.78 is 5.68. The molecule has 2 rings (SSSR count). The molecular formula is C17H26O2. The van der Waals surface area contributed by atoms with E-state index in [4.69, 9.17) is 4.74 Å². The van der Waals surface area contributed by atoms with Gasteiger partial charge in [0.1, 0.15) is 0 Å². The van der Waals surface area contributed by atoms with Gasteiger partial charge in [-0.1, -0.05) is 52.0 Å². The topological polar surface area (TPSA) is 29.5 Å². The van der Waals surface area contributed by atoms with Crippen molar-refractivity contribution in [1.82, 2.24) is 0 Å². The summed E-state index contributed by atoms with van der Waals surface area (Å²) >= 11 is 0. The second-order valence-electron chi connectivity index (χ2n) is 6.59. The van der Waals surface area contributed by atoms with Crippen LogP contribution in [0.1, 0.15) is 57.8 Å². The van der Waals surface area contributed by atoms with Gasteiger partial charge in [-0.3, -0.25) is 0 Å². The van der Waals surface area contributed by atoms with Crippen molar-refractivity contribution >= 4 is 0 Å². The zero-order chi connectivity index (χ0) is 14.0. The molecule has 0 radical (unpaired) electrons. The van der Waals surface area contributed by atoms with Gasteiger partial charge in [-0.05, 0) is 29.4 Å². The van der Waals surface area contributed by atoms with Crippen molar-refractivity contribution in [3.63, 3.8) is 0 Å². The molecule has 1 aromatic rings. The minimum atomic E-state index is -0.401. The summed E-state index contributed by atoms with van der Waals surface area (Å²) in [4.78, 5) is 0. The molecule has 1 saturated heterocycles. The van der Waals surface area contributed by atoms with Crippen molar-refractivity contribution in [2.75, 3.05) is 6.61 Å². The highest BCUT2D eigenvalue weighted by Crippen LogP contribution is 2.35. The van der Waals surface area contributed by atoms with Gasteiger partial charge in [0.2, 0.25) is 0 Å². The third-order valence-electron chi connectivity index (χ3n) is 4.19. The van der Waals surface area contributed by atoms with Crippen LogP contribution < -0.4 is 0 Å². The van der Waals surface area contributed by atoms with Crippen molar-refractivity contribution < 1.29 is 9.84 Å². The van der Waals surface area contributed by atoms with E-state index >= 15 is 0 Å². The number of aliphatic hydroxyl groups excluding tert-OH is 1. The Hall–Kier alpha value is -0.860. The average molecular weight is 262 g/mol. The molecule has 0 aromatic heterocycles. The summed E-state index contributed by atoms with van der Waals surface area (Å²) in [5, 5.41) is 10.5. The molecular weight excluding hydrogens is 236 g/mol. The van der Waals surface area contributed by atoms with Crippen LogP contribution in [0.2, 0.25) is 0 Å². The van der Waals surface area contributed by atoms with Gasteiger partial charge >= 0.3 is 0 Å². The van der Waals surface area contributed by atoms with Gasteiger partial charge in [0.15, 0.2) is 0 Å². The number of benzene rings is 1. The quantitative estimate of drug-likeness (QED) is 0.897. The predicted octanol–water partition coefficient (Wildman–Crippen LogP) is 3.83. The first-order chi connectivity index (χ1) is 8.93. The fourth-order valence-electron chi connectivity index (χ4n) is 2.87. The van der Waals surface area contributed by atoms with Crippen LogP contribution in [0.3, 0.4) is 0 Å². The molecule has 1 fully saturated rings. The molecule has 0 amide bonds. The van der Waals surface area contributed by atoms with Gasteiger partial charge in [0.05, 0.1) is 12.2 Å². The molecule has 1 heterocycles. The predicted molar refractivity (Wildman–Crippen MR) is 78.2 cm³/mol. The minimum absolute atomic E-state index is 0.159. The molecule has 2 nitrogen and oxygen atoms in total. The maximum Gasteiger partial charge on any atom is 0.0843 e. The van der Waals surface area contributed by atoms with Gasteiger partial charge in [0.25, 0.3) is 0 Å². The zero-order valence-corrected chi connectivity index (χ0v) is 12.5. The second-order valence-corrected chi connectivity index (χ2v) is 6.59. The summed E-state index contributed by atoms with van der Waals surface area (Å²) in [5.41, 5.74) is 2.48. The molecule has 1 aliphatic rings. The summed E-state index contributed by atoms with van der Waals surface area (Å²) in [6.45, 7) is 9.52. The molecule has 0 saturated carbocycles. The molecule has 0 bridgehead atoms. The van der Waals surface area contributed by atoms with Gasteiger partial charge < -0.3 is 9.84 Å². The Labute approximate surface area is 116 Å². The first-order valence-corrected chi connectivity index (χ1v) is 7.33. The fourth-order valence-corrected chi connectivity index (χ4v) is 2.87. The van der Waals surface area contributed by atoms with E-state index in [1.54, 1.807) is 0 Å². The number of hydrogen-bond donors (Lipinski definition) is 1. The van der Waals surface area contributed by atoms with Crippen LogP contribution in [0.15, 0.2) is 24.3 Å². The van der Waals surface area contributed by atoms with Crippen molar-refractivity contribution in [3.05, 3.63) is 35.4 Å². The number of aliphatic hydroxyl groups is 1. The van der Waals surface area contributed by atoms with Crippen molar-refractivity contribution in [3.8, 4) is 0 Å². The number of ether oxygens (including phenoxy) is 1. The lowest BCUT2D eigenvalue weighted by Gasteiger charge is -2.24. The highest BCUT2D eigenvalue weighted by atomic mass is 16.5. The molecule has 1 aliphatic heterocycles. The molecule has 106 valence electrons. The van der Waals surface area contributed by atoms with Crippen LogP contribution in [0.4, 0.5) is 0 Å². The van der Waals surface area contributed by atoms with E-state index in [1.807, 2.05) is 0 Å². The average Bonchev–Trinajstić information content (AvgIpc) is 2.85. The van der Waals surface area contributed by atoms with E-state index in [9.17, 15) is 5.11 Å². The van der Waals surface area contributed by atoms with E-state index in [0.29, 0.717) is 0 Å². The molecule has 2 heteroatoms. The lowest BCUT2D eigenvalue weighted by molar-refractivity contribution is 0.0307. The lowest BCUT2D eigenvalue weighted by atomic mass is 9.84. The molecule has 3 atom stereocenters. The van der Waals surface area contributed by atoms with Gasteiger partial charge in [-0.2, -0.15) is 0 Å². The van der Waals surface area contributed by atoms with Gasteiger partial charge in [0, 0.05) is 12.5 Å². The Morgan fingerprint density at radius 2 is 1.89 bits per heavy atom. The second kappa shape index (κ2) is 5.64. The van der Waals surface area contributed by atoms with Crippen LogP contribution in [0, 0.1) is 5.92 Å². The largest absolute Gasteiger partial charge is 0.388 e. The van der Waals surface area contributed by atoms with Crippen LogP contribution in [0.5, 0.6) is 0 Å². The molecule has 1 N–H and O–H groups in total. The first kappa shape index (κ1) is 14.5. The zero-order valence-electron chi connectivity index (χ0n) is 12.5. The smallest absolute Gasteiger partial charge is 0.0843 e. The standard InChI is InChI=1S/C17H26O2/c1-5-15-14(10-11-19-15)16(18)12-6-8-13(9-7-12)17(2,3)4/h6-9,14-16,18H,5,10-11H2,1-4H3. The molecule has 19 heavy (non-hydrogen) atoms. The van der Waals surface area contributed by atoms with E-state index in [0.717, 1.165) is 25.0 Å². The van der Waals surface area contributed by atoms with Crippen molar-refractivity contribution in [1.29, 1.82) is 0 Å². The van der Waals surface area contributed by atoms with Crippen molar-refractivity contribution in [2.24, 2.45) is 5.92 Å². The summed E-state index contributed by atoms with van der Waals surface area (Å²) in [6.07, 6.45) is 1.74. The monoisotopic (exact) mass is 262 g/mol. The third kappa shape index (κ3) is 3.18. The number of rotatable bonds is 3. The Morgan fingerprint density at radius 1 is 1.26 bits per heavy atom. The Kier molecular flexibility index (Phi) is 4.32. The Morgan fingerprint density at radius 3 is 2.42 bits per heavy atom. The fraction of sp³-hybridized carbons (Fsp3) is 0.647. The molecule has 3 unspecified atom stereocenters. The number of hydrogen-bond acceptors (Lipinski definition) is 2. The first-order valence-electron chi connectivity index (χ1n) is 7.33. The normalized spacial score (nSPS) is 25.5. The van der Waals surface area contributed by atoms with Crippen LogP contribution in [0.25, 0.3) is 0 Å². The summed E-state index contributed by atoms with van der Waals surface area (Å²) in [5.74, 6) is 0.241. The van der Waals surface area contributed by atoms with E-state index in [-0.39, 0.29) is 17.4 Å². The SMILES string of the molecule is CCC1OCCC1C(O)c1ccc(C(C)(C)C)cc1. The highest BCUT2D eigenvalue weighted by Gasteiger charge is 2.33. The third-order valence-corrected chi connectivity index (χ3v) is 4.19. The van der Waals surface area contributed by atoms with E-state index < -0.39 is 6.10 Å². The van der Waals surface area contributed by atoms with Gasteiger partial charge in [-0.15, -0.1) is 0 Å². The lowest BCUT2D eigenvalue weighted by Crippen LogP contribution is -2.22. The summed E-state index contributed by atoms with van der Waals surface area (Å²) in [7, 11) is 0. The van der Waals surface area contributed by atoms with Crippen molar-refractivity contribution in [2.45, 2.75) is 58.2 Å². The molecule has 1 aromatic carbocycles. The van der Waals surface area contributed by atoms with Crippen LogP contribution in [-0.4, -0.2) is 17.8 Å². The Bertz CT molecular complexity index is 402. The van der Waals surface area contributed by atoms with E-state index in [1.165, 1.54) is 5.56 Å². The van der Waals surface area contributed by atoms with Crippen LogP contribution >= 0.6 is 0 Å².